The molecule has 8 heteroatoms. The van der Waals surface area contributed by atoms with E-state index in [4.69, 9.17) is 4.99 Å². The number of nitrogens with zero attached hydrogens (tertiary/aromatic N) is 3. The molecule has 0 bridgehead atoms. The molecule has 0 unspecified atom stereocenters. The summed E-state index contributed by atoms with van der Waals surface area (Å²) in [6.45, 7) is 0. The summed E-state index contributed by atoms with van der Waals surface area (Å²) in [6.07, 6.45) is 3.31. The average molecular weight is 482 g/mol. The molecule has 35 heavy (non-hydrogen) atoms. The van der Waals surface area contributed by atoms with E-state index in [1.807, 2.05) is 42.5 Å². The lowest BCUT2D eigenvalue weighted by Gasteiger charge is -2.30. The predicted octanol–water partition coefficient (Wildman–Crippen LogP) is 3.93. The molecule has 0 amide bonds. The van der Waals surface area contributed by atoms with E-state index >= 15 is 0 Å². The Morgan fingerprint density at radius 3 is 2.63 bits per heavy atom. The van der Waals surface area contributed by atoms with Gasteiger partial charge in [0.05, 0.1) is 21.2 Å². The fourth-order valence-electron chi connectivity index (χ4n) is 4.89. The van der Waals surface area contributed by atoms with Crippen LogP contribution in [0.5, 0.6) is 5.75 Å². The van der Waals surface area contributed by atoms with Gasteiger partial charge in [-0.15, -0.1) is 0 Å². The van der Waals surface area contributed by atoms with Gasteiger partial charge in [0.1, 0.15) is 0 Å². The van der Waals surface area contributed by atoms with Gasteiger partial charge in [-0.3, -0.25) is 19.5 Å². The molecule has 7 nitrogen and oxygen atoms in total. The standard InChI is InChI=1S/C27H19N3O4S/c31-22-13-10-16(14-21(22)30(33)34)15-23-26(32)29-25(18-7-2-1-3-8-18)20-12-11-17-6-4-5-9-19(17)24(20)28-27(29)35-23/h1-10,13-15,25,31H,11-12H2/b23-15-/t25-/m1/s1. The van der Waals surface area contributed by atoms with Crippen LogP contribution in [0, 0.1) is 10.1 Å². The van der Waals surface area contributed by atoms with Crippen molar-refractivity contribution in [3.63, 3.8) is 0 Å². The Hall–Kier alpha value is -4.30. The summed E-state index contributed by atoms with van der Waals surface area (Å²) in [7, 11) is 0. The van der Waals surface area contributed by atoms with E-state index in [2.05, 4.69) is 12.1 Å². The summed E-state index contributed by atoms with van der Waals surface area (Å²) in [4.78, 5) is 29.8. The molecule has 3 aromatic carbocycles. The number of phenolic OH excluding ortho intramolecular Hbond substituents is 1. The minimum absolute atomic E-state index is 0.191. The molecule has 6 rings (SSSR count). The topological polar surface area (TPSA) is 97.7 Å². The molecular formula is C27H19N3O4S. The molecular weight excluding hydrogens is 462 g/mol. The van der Waals surface area contributed by atoms with Gasteiger partial charge in [-0.25, -0.2) is 4.99 Å². The number of aromatic nitrogens is 1. The number of fused-ring (bicyclic) bond motifs is 3. The van der Waals surface area contributed by atoms with E-state index in [1.165, 1.54) is 29.0 Å². The van der Waals surface area contributed by atoms with Gasteiger partial charge in [0.25, 0.3) is 5.56 Å². The van der Waals surface area contributed by atoms with Crippen molar-refractivity contribution in [1.82, 2.24) is 4.57 Å². The average Bonchev–Trinajstić information content (AvgIpc) is 3.18. The molecule has 172 valence electrons. The summed E-state index contributed by atoms with van der Waals surface area (Å²) < 4.78 is 2.17. The van der Waals surface area contributed by atoms with E-state index in [-0.39, 0.29) is 11.6 Å². The Morgan fingerprint density at radius 2 is 1.83 bits per heavy atom. The van der Waals surface area contributed by atoms with Crippen LogP contribution >= 0.6 is 11.3 Å². The monoisotopic (exact) mass is 481 g/mol. The van der Waals surface area contributed by atoms with Crippen molar-refractivity contribution >= 4 is 28.8 Å². The van der Waals surface area contributed by atoms with Crippen molar-refractivity contribution in [2.45, 2.75) is 18.9 Å². The fraction of sp³-hybridized carbons (Fsp3) is 0.111. The Labute approximate surface area is 203 Å². The molecule has 1 aliphatic heterocycles. The summed E-state index contributed by atoms with van der Waals surface area (Å²) in [5, 5.41) is 21.0. The number of aromatic hydroxyl groups is 1. The number of benzene rings is 3. The number of nitro benzene ring substituents is 1. The van der Waals surface area contributed by atoms with Crippen LogP contribution in [0.15, 0.2) is 88.2 Å². The van der Waals surface area contributed by atoms with E-state index in [1.54, 1.807) is 16.7 Å². The number of phenols is 1. The van der Waals surface area contributed by atoms with Crippen molar-refractivity contribution in [3.05, 3.63) is 130 Å². The maximum Gasteiger partial charge on any atom is 0.311 e. The second-order valence-electron chi connectivity index (χ2n) is 8.53. The third-order valence-corrected chi connectivity index (χ3v) is 7.47. The largest absolute Gasteiger partial charge is 0.502 e. The second kappa shape index (κ2) is 8.18. The van der Waals surface area contributed by atoms with Gasteiger partial charge in [-0.1, -0.05) is 72.0 Å². The van der Waals surface area contributed by atoms with Crippen molar-refractivity contribution in [1.29, 1.82) is 0 Å². The Balaban J connectivity index is 1.60. The SMILES string of the molecule is O=c1/c(=C/c2ccc(O)c([N+](=O)[O-])c2)sc2n1[C@H](c1ccccc1)C1=C(N=2)c2ccccc2CC1. The smallest absolute Gasteiger partial charge is 0.311 e. The molecule has 1 aromatic heterocycles. The maximum absolute atomic E-state index is 13.7. The van der Waals surface area contributed by atoms with Gasteiger partial charge in [-0.05, 0) is 47.2 Å². The van der Waals surface area contributed by atoms with Gasteiger partial charge in [0, 0.05) is 11.6 Å². The van der Waals surface area contributed by atoms with E-state index in [0.29, 0.717) is 14.9 Å². The van der Waals surface area contributed by atoms with Crippen molar-refractivity contribution in [3.8, 4) is 5.75 Å². The predicted molar refractivity (Wildman–Crippen MR) is 134 cm³/mol. The minimum atomic E-state index is -0.644. The Bertz CT molecular complexity index is 1720. The number of rotatable bonds is 3. The highest BCUT2D eigenvalue weighted by Crippen LogP contribution is 2.41. The first kappa shape index (κ1) is 21.2. The number of allylic oxidation sites excluding steroid dienone is 1. The van der Waals surface area contributed by atoms with Gasteiger partial charge in [-0.2, -0.15) is 0 Å². The molecule has 4 aromatic rings. The van der Waals surface area contributed by atoms with Crippen LogP contribution in [0.25, 0.3) is 11.8 Å². The summed E-state index contributed by atoms with van der Waals surface area (Å²) in [5.74, 6) is -0.413. The van der Waals surface area contributed by atoms with Crippen LogP contribution in [-0.2, 0) is 6.42 Å². The van der Waals surface area contributed by atoms with Gasteiger partial charge in [0.15, 0.2) is 10.6 Å². The van der Waals surface area contributed by atoms with Crippen molar-refractivity contribution < 1.29 is 10.0 Å². The van der Waals surface area contributed by atoms with E-state index in [0.717, 1.165) is 35.2 Å². The highest BCUT2D eigenvalue weighted by atomic mass is 32.1. The molecule has 0 fully saturated rings. The van der Waals surface area contributed by atoms with Crippen LogP contribution in [0.1, 0.15) is 34.7 Å². The third-order valence-electron chi connectivity index (χ3n) is 6.48. The minimum Gasteiger partial charge on any atom is -0.502 e. The molecule has 1 aliphatic carbocycles. The van der Waals surface area contributed by atoms with E-state index < -0.39 is 16.4 Å². The molecule has 2 aliphatic rings. The molecule has 1 atom stereocenters. The molecule has 1 N–H and O–H groups in total. The van der Waals surface area contributed by atoms with Gasteiger partial charge < -0.3 is 5.11 Å². The summed E-state index contributed by atoms with van der Waals surface area (Å²) >= 11 is 1.27. The van der Waals surface area contributed by atoms with Crippen molar-refractivity contribution in [2.24, 2.45) is 4.99 Å². The molecule has 0 radical (unpaired) electrons. The highest BCUT2D eigenvalue weighted by molar-refractivity contribution is 7.07. The van der Waals surface area contributed by atoms with Crippen molar-refractivity contribution in [2.75, 3.05) is 0 Å². The lowest BCUT2D eigenvalue weighted by atomic mass is 9.83. The fourth-order valence-corrected chi connectivity index (χ4v) is 5.89. The van der Waals surface area contributed by atoms with Crippen LogP contribution < -0.4 is 14.9 Å². The lowest BCUT2D eigenvalue weighted by molar-refractivity contribution is -0.385. The van der Waals surface area contributed by atoms with Gasteiger partial charge in [0.2, 0.25) is 0 Å². The first-order valence-corrected chi connectivity index (χ1v) is 12.0. The number of hydrogen-bond donors (Lipinski definition) is 1. The second-order valence-corrected chi connectivity index (χ2v) is 9.54. The van der Waals surface area contributed by atoms with Crippen LogP contribution in [0.3, 0.4) is 0 Å². The zero-order valence-corrected chi connectivity index (χ0v) is 19.2. The molecule has 0 spiro atoms. The van der Waals surface area contributed by atoms with Crippen LogP contribution in [-0.4, -0.2) is 14.6 Å². The number of nitro groups is 1. The highest BCUT2D eigenvalue weighted by Gasteiger charge is 2.32. The summed E-state index contributed by atoms with van der Waals surface area (Å²) in [6, 6.07) is 22.0. The number of thiazole rings is 1. The Morgan fingerprint density at radius 1 is 1.06 bits per heavy atom. The summed E-state index contributed by atoms with van der Waals surface area (Å²) in [5.41, 5.74) is 5.28. The number of hydrogen-bond acceptors (Lipinski definition) is 6. The maximum atomic E-state index is 13.7. The van der Waals surface area contributed by atoms with Gasteiger partial charge >= 0.3 is 5.69 Å². The number of aryl methyl sites for hydroxylation is 1. The lowest BCUT2D eigenvalue weighted by Crippen LogP contribution is -2.38. The third kappa shape index (κ3) is 3.50. The zero-order valence-electron chi connectivity index (χ0n) is 18.4. The van der Waals surface area contributed by atoms with Crippen LogP contribution in [0.2, 0.25) is 0 Å². The molecule has 0 saturated heterocycles. The molecule has 0 saturated carbocycles. The van der Waals surface area contributed by atoms with E-state index in [9.17, 15) is 20.0 Å². The first-order valence-electron chi connectivity index (χ1n) is 11.2. The quantitative estimate of drug-likeness (QED) is 0.354. The Kier molecular flexibility index (Phi) is 4.96. The molecule has 2 heterocycles. The normalized spacial score (nSPS) is 16.8. The first-order chi connectivity index (χ1) is 17.0. The zero-order chi connectivity index (χ0) is 24.1. The van der Waals surface area contributed by atoms with Crippen LogP contribution in [0.4, 0.5) is 5.69 Å².